The number of hydrogen-bond donors (Lipinski definition) is 1. The summed E-state index contributed by atoms with van der Waals surface area (Å²) < 4.78 is 8.27. The fourth-order valence-corrected chi connectivity index (χ4v) is 2.09. The third kappa shape index (κ3) is 2.05. The number of hydrogen-bond acceptors (Lipinski definition) is 3. The van der Waals surface area contributed by atoms with E-state index in [1.807, 2.05) is 29.9 Å². The third-order valence-electron chi connectivity index (χ3n) is 2.51. The van der Waals surface area contributed by atoms with Crippen molar-refractivity contribution in [2.45, 2.75) is 19.5 Å². The van der Waals surface area contributed by atoms with Gasteiger partial charge in [-0.3, -0.25) is 4.68 Å². The highest BCUT2D eigenvalue weighted by Crippen LogP contribution is 2.25. The Balaban J connectivity index is 2.36. The molecule has 5 heteroatoms. The van der Waals surface area contributed by atoms with Crippen LogP contribution in [0.2, 0.25) is 0 Å². The van der Waals surface area contributed by atoms with E-state index in [1.54, 1.807) is 6.20 Å². The molecule has 0 radical (unpaired) electrons. The lowest BCUT2D eigenvalue weighted by Gasteiger charge is -2.14. The quantitative estimate of drug-likeness (QED) is 0.938. The molecule has 2 rings (SSSR count). The van der Waals surface area contributed by atoms with E-state index in [0.29, 0.717) is 0 Å². The lowest BCUT2D eigenvalue weighted by molar-refractivity contribution is 0.430. The smallest absolute Gasteiger partial charge is 0.169 e. The van der Waals surface area contributed by atoms with Gasteiger partial charge in [0, 0.05) is 12.7 Å². The summed E-state index contributed by atoms with van der Waals surface area (Å²) in [5.41, 5.74) is 1.10. The van der Waals surface area contributed by atoms with Gasteiger partial charge in [0.05, 0.1) is 5.69 Å². The molecule has 0 fully saturated rings. The van der Waals surface area contributed by atoms with Gasteiger partial charge in [-0.2, -0.15) is 5.10 Å². The molecule has 0 amide bonds. The van der Waals surface area contributed by atoms with Crippen LogP contribution in [0.4, 0.5) is 0 Å². The van der Waals surface area contributed by atoms with Crippen LogP contribution in [0.15, 0.2) is 33.5 Å². The normalized spacial score (nSPS) is 12.9. The Morgan fingerprint density at radius 1 is 1.50 bits per heavy atom. The highest BCUT2D eigenvalue weighted by molar-refractivity contribution is 9.10. The van der Waals surface area contributed by atoms with Crippen LogP contribution in [-0.2, 0) is 6.54 Å². The van der Waals surface area contributed by atoms with Crippen LogP contribution in [0.3, 0.4) is 0 Å². The molecular weight excluding hydrogens is 270 g/mol. The molecule has 1 unspecified atom stereocenters. The molecule has 0 saturated carbocycles. The molecular formula is C11H14BrN3O. The number of nitrogens with one attached hydrogen (secondary N) is 1. The summed E-state index contributed by atoms with van der Waals surface area (Å²) in [6.45, 7) is 2.92. The molecule has 4 nitrogen and oxygen atoms in total. The van der Waals surface area contributed by atoms with Crippen molar-refractivity contribution < 1.29 is 4.42 Å². The summed E-state index contributed by atoms with van der Waals surface area (Å²) in [7, 11) is 1.91. The van der Waals surface area contributed by atoms with Crippen LogP contribution in [0.25, 0.3) is 0 Å². The van der Waals surface area contributed by atoms with Gasteiger partial charge in [-0.25, -0.2) is 0 Å². The Bertz CT molecular complexity index is 463. The molecule has 0 aliphatic rings. The number of aromatic nitrogens is 2. The Morgan fingerprint density at radius 2 is 2.31 bits per heavy atom. The van der Waals surface area contributed by atoms with E-state index in [1.165, 1.54) is 0 Å². The predicted molar refractivity (Wildman–Crippen MR) is 65.2 cm³/mol. The minimum atomic E-state index is 0.0359. The molecule has 86 valence electrons. The summed E-state index contributed by atoms with van der Waals surface area (Å²) in [5.74, 6) is 0.879. The van der Waals surface area contributed by atoms with E-state index >= 15 is 0 Å². The summed E-state index contributed by atoms with van der Waals surface area (Å²) in [6, 6.07) is 5.89. The first-order chi connectivity index (χ1) is 7.76. The minimum absolute atomic E-state index is 0.0359. The van der Waals surface area contributed by atoms with Gasteiger partial charge in [-0.1, -0.05) is 0 Å². The van der Waals surface area contributed by atoms with Crippen LogP contribution in [0, 0.1) is 0 Å². The van der Waals surface area contributed by atoms with Gasteiger partial charge in [0.15, 0.2) is 4.67 Å². The largest absolute Gasteiger partial charge is 0.452 e. The van der Waals surface area contributed by atoms with Crippen LogP contribution in [-0.4, -0.2) is 16.8 Å². The zero-order valence-corrected chi connectivity index (χ0v) is 10.9. The van der Waals surface area contributed by atoms with E-state index in [9.17, 15) is 0 Å². The van der Waals surface area contributed by atoms with Crippen molar-refractivity contribution in [3.05, 3.63) is 40.5 Å². The Hall–Kier alpha value is -1.07. The highest BCUT2D eigenvalue weighted by Gasteiger charge is 2.19. The van der Waals surface area contributed by atoms with Crippen LogP contribution >= 0.6 is 15.9 Å². The number of rotatable bonds is 4. The fraction of sp³-hybridized carbons (Fsp3) is 0.364. The Kier molecular flexibility index (Phi) is 3.46. The van der Waals surface area contributed by atoms with Crippen molar-refractivity contribution in [3.8, 4) is 0 Å². The zero-order valence-electron chi connectivity index (χ0n) is 9.27. The van der Waals surface area contributed by atoms with Crippen LogP contribution in [0.1, 0.15) is 24.4 Å². The van der Waals surface area contributed by atoms with Crippen molar-refractivity contribution in [1.82, 2.24) is 15.1 Å². The standard InChI is InChI=1S/C11H14BrN3O/c1-3-15-8(6-7-14-15)11(13-2)9-4-5-10(12)16-9/h4-7,11,13H,3H2,1-2H3. The average Bonchev–Trinajstić information content (AvgIpc) is 2.89. The number of furan rings is 1. The summed E-state index contributed by atoms with van der Waals surface area (Å²) in [4.78, 5) is 0. The Labute approximate surface area is 103 Å². The second-order valence-corrected chi connectivity index (χ2v) is 4.22. The minimum Gasteiger partial charge on any atom is -0.452 e. The van der Waals surface area contributed by atoms with Gasteiger partial charge < -0.3 is 9.73 Å². The first kappa shape index (κ1) is 11.4. The molecule has 2 aromatic heterocycles. The summed E-state index contributed by atoms with van der Waals surface area (Å²) >= 11 is 3.31. The van der Waals surface area contributed by atoms with E-state index in [-0.39, 0.29) is 6.04 Å². The molecule has 0 aliphatic heterocycles. The Morgan fingerprint density at radius 3 is 2.88 bits per heavy atom. The molecule has 0 saturated heterocycles. The van der Waals surface area contributed by atoms with Gasteiger partial charge >= 0.3 is 0 Å². The van der Waals surface area contributed by atoms with Gasteiger partial charge in [0.2, 0.25) is 0 Å². The predicted octanol–water partition coefficient (Wildman–Crippen LogP) is 2.57. The first-order valence-electron chi connectivity index (χ1n) is 5.20. The fourth-order valence-electron chi connectivity index (χ4n) is 1.77. The van der Waals surface area contributed by atoms with E-state index < -0.39 is 0 Å². The maximum atomic E-state index is 5.57. The topological polar surface area (TPSA) is 43.0 Å². The van der Waals surface area contributed by atoms with Crippen molar-refractivity contribution in [2.24, 2.45) is 0 Å². The van der Waals surface area contributed by atoms with E-state index in [2.05, 4.69) is 33.3 Å². The second-order valence-electron chi connectivity index (χ2n) is 3.44. The van der Waals surface area contributed by atoms with Crippen molar-refractivity contribution in [1.29, 1.82) is 0 Å². The van der Waals surface area contributed by atoms with Gasteiger partial charge in [0.25, 0.3) is 0 Å². The average molecular weight is 284 g/mol. The highest BCUT2D eigenvalue weighted by atomic mass is 79.9. The van der Waals surface area contributed by atoms with Crippen molar-refractivity contribution in [2.75, 3.05) is 7.05 Å². The lowest BCUT2D eigenvalue weighted by atomic mass is 10.1. The first-order valence-corrected chi connectivity index (χ1v) is 5.99. The maximum absolute atomic E-state index is 5.57. The number of nitrogens with zero attached hydrogens (tertiary/aromatic N) is 2. The molecule has 0 spiro atoms. The molecule has 2 heterocycles. The second kappa shape index (κ2) is 4.84. The summed E-state index contributed by atoms with van der Waals surface area (Å²) in [6.07, 6.45) is 1.81. The number of halogens is 1. The molecule has 16 heavy (non-hydrogen) atoms. The zero-order chi connectivity index (χ0) is 11.5. The number of aryl methyl sites for hydroxylation is 1. The monoisotopic (exact) mass is 283 g/mol. The lowest BCUT2D eigenvalue weighted by Crippen LogP contribution is -2.20. The molecule has 0 aromatic carbocycles. The molecule has 1 atom stereocenters. The summed E-state index contributed by atoms with van der Waals surface area (Å²) in [5, 5.41) is 7.49. The maximum Gasteiger partial charge on any atom is 0.169 e. The van der Waals surface area contributed by atoms with Gasteiger partial charge in [0.1, 0.15) is 11.8 Å². The van der Waals surface area contributed by atoms with Gasteiger partial charge in [-0.15, -0.1) is 0 Å². The van der Waals surface area contributed by atoms with Crippen molar-refractivity contribution >= 4 is 15.9 Å². The van der Waals surface area contributed by atoms with Crippen LogP contribution < -0.4 is 5.32 Å². The molecule has 0 aliphatic carbocycles. The molecule has 0 bridgehead atoms. The van der Waals surface area contributed by atoms with Crippen molar-refractivity contribution in [3.63, 3.8) is 0 Å². The third-order valence-corrected chi connectivity index (χ3v) is 2.94. The van der Waals surface area contributed by atoms with E-state index in [0.717, 1.165) is 22.7 Å². The van der Waals surface area contributed by atoms with Crippen LogP contribution in [0.5, 0.6) is 0 Å². The van der Waals surface area contributed by atoms with Gasteiger partial charge in [-0.05, 0) is 48.1 Å². The SMILES string of the molecule is CCn1nccc1C(NC)c1ccc(Br)o1. The van der Waals surface area contributed by atoms with E-state index in [4.69, 9.17) is 4.42 Å². The molecule has 1 N–H and O–H groups in total. The molecule has 2 aromatic rings.